The van der Waals surface area contributed by atoms with Crippen LogP contribution in [0.1, 0.15) is 30.1 Å². The molecule has 1 unspecified atom stereocenters. The molecule has 0 saturated carbocycles. The van der Waals surface area contributed by atoms with Crippen LogP contribution in [0.3, 0.4) is 0 Å². The largest absolute Gasteiger partial charge is 0.497 e. The van der Waals surface area contributed by atoms with E-state index in [0.717, 1.165) is 30.5 Å². The Hall–Kier alpha value is -1.03. The van der Waals surface area contributed by atoms with Crippen molar-refractivity contribution in [3.8, 4) is 5.75 Å². The van der Waals surface area contributed by atoms with E-state index in [-0.39, 0.29) is 5.91 Å². The first-order chi connectivity index (χ1) is 8.71. The van der Waals surface area contributed by atoms with Crippen LogP contribution in [-0.2, 0) is 0 Å². The molecule has 0 radical (unpaired) electrons. The summed E-state index contributed by atoms with van der Waals surface area (Å²) in [7, 11) is 1.61. The van der Waals surface area contributed by atoms with E-state index in [1.165, 1.54) is 0 Å². The fraction of sp³-hybridized carbons (Fsp3) is 0.500. The molecule has 4 heteroatoms. The number of benzene rings is 1. The van der Waals surface area contributed by atoms with E-state index >= 15 is 0 Å². The molecule has 0 saturated heterocycles. The van der Waals surface area contributed by atoms with Crippen molar-refractivity contribution in [2.45, 2.75) is 19.8 Å². The Bertz CT molecular complexity index is 365. The van der Waals surface area contributed by atoms with Crippen LogP contribution in [0, 0.1) is 5.92 Å². The van der Waals surface area contributed by atoms with Gasteiger partial charge in [0, 0.05) is 17.4 Å². The van der Waals surface area contributed by atoms with Crippen molar-refractivity contribution in [3.63, 3.8) is 0 Å². The van der Waals surface area contributed by atoms with Crippen LogP contribution in [0.2, 0.25) is 0 Å². The summed E-state index contributed by atoms with van der Waals surface area (Å²) in [6.07, 6.45) is 2.16. The SMILES string of the molecule is CCC(CCBr)CNC(=O)c1ccc(OC)cc1. The lowest BCUT2D eigenvalue weighted by molar-refractivity contribution is 0.0946. The van der Waals surface area contributed by atoms with Crippen LogP contribution >= 0.6 is 15.9 Å². The van der Waals surface area contributed by atoms with Gasteiger partial charge >= 0.3 is 0 Å². The number of methoxy groups -OCH3 is 1. The third-order valence-corrected chi connectivity index (χ3v) is 3.46. The normalized spacial score (nSPS) is 11.9. The Kier molecular flexibility index (Phi) is 6.80. The topological polar surface area (TPSA) is 38.3 Å². The van der Waals surface area contributed by atoms with Crippen LogP contribution < -0.4 is 10.1 Å². The summed E-state index contributed by atoms with van der Waals surface area (Å²) in [6, 6.07) is 7.15. The highest BCUT2D eigenvalue weighted by Crippen LogP contribution is 2.12. The molecule has 0 heterocycles. The lowest BCUT2D eigenvalue weighted by Gasteiger charge is -2.14. The Morgan fingerprint density at radius 1 is 1.39 bits per heavy atom. The Labute approximate surface area is 117 Å². The molecule has 1 amide bonds. The summed E-state index contributed by atoms with van der Waals surface area (Å²) in [5, 5.41) is 3.95. The molecule has 0 spiro atoms. The van der Waals surface area contributed by atoms with Crippen molar-refractivity contribution >= 4 is 21.8 Å². The number of nitrogens with one attached hydrogen (secondary N) is 1. The van der Waals surface area contributed by atoms with E-state index in [1.807, 2.05) is 0 Å². The van der Waals surface area contributed by atoms with Crippen LogP contribution in [0.25, 0.3) is 0 Å². The minimum Gasteiger partial charge on any atom is -0.497 e. The molecule has 0 fully saturated rings. The minimum atomic E-state index is -0.0225. The molecular weight excluding hydrogens is 294 g/mol. The van der Waals surface area contributed by atoms with Gasteiger partial charge in [0.05, 0.1) is 7.11 Å². The lowest BCUT2D eigenvalue weighted by Crippen LogP contribution is -2.29. The van der Waals surface area contributed by atoms with Gasteiger partial charge in [0.2, 0.25) is 0 Å². The molecule has 100 valence electrons. The summed E-state index contributed by atoms with van der Waals surface area (Å²) in [5.74, 6) is 1.27. The third kappa shape index (κ3) is 4.69. The predicted octanol–water partition coefficient (Wildman–Crippen LogP) is 3.24. The van der Waals surface area contributed by atoms with Crippen molar-refractivity contribution in [1.29, 1.82) is 0 Å². The van der Waals surface area contributed by atoms with Crippen molar-refractivity contribution in [1.82, 2.24) is 5.32 Å². The van der Waals surface area contributed by atoms with Gasteiger partial charge in [-0.05, 0) is 36.6 Å². The monoisotopic (exact) mass is 313 g/mol. The highest BCUT2D eigenvalue weighted by Gasteiger charge is 2.09. The smallest absolute Gasteiger partial charge is 0.251 e. The van der Waals surface area contributed by atoms with Gasteiger partial charge in [0.15, 0.2) is 0 Å². The zero-order valence-corrected chi connectivity index (χ0v) is 12.5. The number of hydrogen-bond donors (Lipinski definition) is 1. The van der Waals surface area contributed by atoms with Gasteiger partial charge in [-0.15, -0.1) is 0 Å². The minimum absolute atomic E-state index is 0.0225. The van der Waals surface area contributed by atoms with Crippen molar-refractivity contribution < 1.29 is 9.53 Å². The van der Waals surface area contributed by atoms with Crippen molar-refractivity contribution in [2.24, 2.45) is 5.92 Å². The number of rotatable bonds is 7. The molecule has 0 aliphatic heterocycles. The predicted molar refractivity (Wildman–Crippen MR) is 77.5 cm³/mol. The Balaban J connectivity index is 2.48. The number of alkyl halides is 1. The summed E-state index contributed by atoms with van der Waals surface area (Å²) < 4.78 is 5.06. The average Bonchev–Trinajstić information content (AvgIpc) is 2.43. The number of carbonyl (C=O) groups is 1. The zero-order chi connectivity index (χ0) is 13.4. The molecule has 0 aliphatic carbocycles. The molecule has 1 aromatic carbocycles. The lowest BCUT2D eigenvalue weighted by atomic mass is 10.0. The second-order valence-electron chi connectivity index (χ2n) is 4.19. The molecule has 0 aromatic heterocycles. The number of ether oxygens (including phenoxy) is 1. The van der Waals surface area contributed by atoms with E-state index in [2.05, 4.69) is 28.2 Å². The summed E-state index contributed by atoms with van der Waals surface area (Å²) in [4.78, 5) is 11.9. The second-order valence-corrected chi connectivity index (χ2v) is 4.98. The number of hydrogen-bond acceptors (Lipinski definition) is 2. The molecule has 1 N–H and O–H groups in total. The van der Waals surface area contributed by atoms with E-state index in [0.29, 0.717) is 11.5 Å². The highest BCUT2D eigenvalue weighted by atomic mass is 79.9. The van der Waals surface area contributed by atoms with Crippen molar-refractivity contribution in [3.05, 3.63) is 29.8 Å². The van der Waals surface area contributed by atoms with E-state index in [9.17, 15) is 4.79 Å². The molecule has 1 atom stereocenters. The standard InChI is InChI=1S/C14H20BrNO2/c1-3-11(8-9-15)10-16-14(17)12-4-6-13(18-2)7-5-12/h4-7,11H,3,8-10H2,1-2H3,(H,16,17). The van der Waals surface area contributed by atoms with Crippen LogP contribution in [0.15, 0.2) is 24.3 Å². The summed E-state index contributed by atoms with van der Waals surface area (Å²) in [5.41, 5.74) is 0.671. The fourth-order valence-corrected chi connectivity index (χ4v) is 2.33. The maximum Gasteiger partial charge on any atom is 0.251 e. The van der Waals surface area contributed by atoms with E-state index in [4.69, 9.17) is 4.74 Å². The molecule has 1 rings (SSSR count). The second kappa shape index (κ2) is 8.14. The zero-order valence-electron chi connectivity index (χ0n) is 10.9. The summed E-state index contributed by atoms with van der Waals surface area (Å²) in [6.45, 7) is 2.87. The highest BCUT2D eigenvalue weighted by molar-refractivity contribution is 9.09. The molecule has 0 bridgehead atoms. The molecular formula is C14H20BrNO2. The maximum atomic E-state index is 11.9. The first-order valence-electron chi connectivity index (χ1n) is 6.19. The van der Waals surface area contributed by atoms with Crippen molar-refractivity contribution in [2.75, 3.05) is 19.0 Å². The number of amides is 1. The maximum absolute atomic E-state index is 11.9. The molecule has 0 aliphatic rings. The van der Waals surface area contributed by atoms with Crippen LogP contribution in [0.5, 0.6) is 5.75 Å². The third-order valence-electron chi connectivity index (χ3n) is 3.00. The molecule has 1 aromatic rings. The van der Waals surface area contributed by atoms with E-state index < -0.39 is 0 Å². The van der Waals surface area contributed by atoms with Gasteiger partial charge in [-0.25, -0.2) is 0 Å². The average molecular weight is 314 g/mol. The summed E-state index contributed by atoms with van der Waals surface area (Å²) >= 11 is 3.43. The number of halogens is 1. The van der Waals surface area contributed by atoms with Gasteiger partial charge in [0.25, 0.3) is 5.91 Å². The number of carbonyl (C=O) groups excluding carboxylic acids is 1. The molecule has 3 nitrogen and oxygen atoms in total. The Morgan fingerprint density at radius 2 is 2.06 bits per heavy atom. The van der Waals surface area contributed by atoms with Gasteiger partial charge < -0.3 is 10.1 Å². The molecule has 18 heavy (non-hydrogen) atoms. The van der Waals surface area contributed by atoms with Crippen LogP contribution in [-0.4, -0.2) is 24.9 Å². The van der Waals surface area contributed by atoms with Crippen LogP contribution in [0.4, 0.5) is 0 Å². The first-order valence-corrected chi connectivity index (χ1v) is 7.31. The quantitative estimate of drug-likeness (QED) is 0.785. The Morgan fingerprint density at radius 3 is 2.56 bits per heavy atom. The first kappa shape index (κ1) is 15.0. The fourth-order valence-electron chi connectivity index (χ4n) is 1.69. The van der Waals surface area contributed by atoms with Gasteiger partial charge in [-0.3, -0.25) is 4.79 Å². The van der Waals surface area contributed by atoms with Gasteiger partial charge in [0.1, 0.15) is 5.75 Å². The van der Waals surface area contributed by atoms with Gasteiger partial charge in [-0.1, -0.05) is 29.3 Å². The van der Waals surface area contributed by atoms with Gasteiger partial charge in [-0.2, -0.15) is 0 Å². The van der Waals surface area contributed by atoms with E-state index in [1.54, 1.807) is 31.4 Å².